The van der Waals surface area contributed by atoms with E-state index in [1.165, 1.54) is 19.2 Å². The molecule has 0 atom stereocenters. The summed E-state index contributed by atoms with van der Waals surface area (Å²) in [5.74, 6) is -0.307. The lowest BCUT2D eigenvalue weighted by Gasteiger charge is -2.08. The maximum absolute atomic E-state index is 13.3. The fourth-order valence-electron chi connectivity index (χ4n) is 1.70. The lowest BCUT2D eigenvalue weighted by Crippen LogP contribution is -2.04. The first-order valence-electron chi connectivity index (χ1n) is 5.35. The van der Waals surface area contributed by atoms with E-state index in [1.807, 2.05) is 0 Å². The van der Waals surface area contributed by atoms with Crippen LogP contribution in [0.2, 0.25) is 0 Å². The van der Waals surface area contributed by atoms with Gasteiger partial charge >= 0.3 is 0 Å². The van der Waals surface area contributed by atoms with Crippen LogP contribution in [0.5, 0.6) is 5.75 Å². The highest BCUT2D eigenvalue weighted by molar-refractivity contribution is 9.10. The molecule has 0 radical (unpaired) electrons. The van der Waals surface area contributed by atoms with E-state index >= 15 is 0 Å². The van der Waals surface area contributed by atoms with Crippen LogP contribution in [-0.4, -0.2) is 12.9 Å². The van der Waals surface area contributed by atoms with E-state index in [9.17, 15) is 9.18 Å². The van der Waals surface area contributed by atoms with Gasteiger partial charge in [0.15, 0.2) is 5.78 Å². The molecule has 0 bridgehead atoms. The molecule has 0 aliphatic heterocycles. The summed E-state index contributed by atoms with van der Waals surface area (Å²) in [6.45, 7) is 0. The van der Waals surface area contributed by atoms with Crippen molar-refractivity contribution in [2.75, 3.05) is 7.11 Å². The Bertz CT molecular complexity index is 621. The summed E-state index contributed by atoms with van der Waals surface area (Å²) >= 11 is 6.48. The highest BCUT2D eigenvalue weighted by Gasteiger charge is 2.16. The minimum absolute atomic E-state index is 0.267. The molecule has 0 aliphatic carbocycles. The Morgan fingerprint density at radius 1 is 1.11 bits per heavy atom. The van der Waals surface area contributed by atoms with Crippen molar-refractivity contribution < 1.29 is 13.9 Å². The number of hydrogen-bond donors (Lipinski definition) is 0. The van der Waals surface area contributed by atoms with Gasteiger partial charge in [-0.3, -0.25) is 4.79 Å². The molecule has 2 aromatic rings. The van der Waals surface area contributed by atoms with Gasteiger partial charge in [-0.1, -0.05) is 31.9 Å². The molecule has 0 aliphatic rings. The Hall–Kier alpha value is -1.20. The van der Waals surface area contributed by atoms with Crippen LogP contribution in [0.15, 0.2) is 45.3 Å². The summed E-state index contributed by atoms with van der Waals surface area (Å²) in [7, 11) is 1.49. The summed E-state index contributed by atoms with van der Waals surface area (Å²) in [5.41, 5.74) is 0.651. The van der Waals surface area contributed by atoms with Gasteiger partial charge in [0.1, 0.15) is 11.6 Å². The molecule has 0 aromatic heterocycles. The smallest absolute Gasteiger partial charge is 0.196 e. The summed E-state index contributed by atoms with van der Waals surface area (Å²) < 4.78 is 19.8. The molecule has 0 heterocycles. The van der Waals surface area contributed by atoms with Gasteiger partial charge in [0, 0.05) is 14.5 Å². The number of ether oxygens (including phenoxy) is 1. The third kappa shape index (κ3) is 3.22. The van der Waals surface area contributed by atoms with Crippen molar-refractivity contribution in [2.24, 2.45) is 0 Å². The lowest BCUT2D eigenvalue weighted by atomic mass is 10.0. The van der Waals surface area contributed by atoms with Crippen molar-refractivity contribution >= 4 is 37.6 Å². The zero-order valence-electron chi connectivity index (χ0n) is 9.91. The van der Waals surface area contributed by atoms with Gasteiger partial charge in [0.05, 0.1) is 12.7 Å². The second kappa shape index (κ2) is 5.84. The molecule has 2 nitrogen and oxygen atoms in total. The van der Waals surface area contributed by atoms with Gasteiger partial charge in [-0.25, -0.2) is 4.39 Å². The Labute approximate surface area is 126 Å². The number of rotatable bonds is 3. The Morgan fingerprint density at radius 2 is 1.84 bits per heavy atom. The first-order chi connectivity index (χ1) is 9.01. The number of carbonyl (C=O) groups is 1. The summed E-state index contributed by atoms with van der Waals surface area (Å²) in [6, 6.07) is 9.19. The topological polar surface area (TPSA) is 26.3 Å². The Balaban J connectivity index is 2.52. The van der Waals surface area contributed by atoms with E-state index < -0.39 is 5.82 Å². The van der Waals surface area contributed by atoms with Gasteiger partial charge in [-0.2, -0.15) is 0 Å². The summed E-state index contributed by atoms with van der Waals surface area (Å²) in [4.78, 5) is 12.4. The molecule has 0 unspecified atom stereocenters. The number of benzene rings is 2. The van der Waals surface area contributed by atoms with Crippen LogP contribution in [0, 0.1) is 5.82 Å². The van der Waals surface area contributed by atoms with Gasteiger partial charge in [0.25, 0.3) is 0 Å². The van der Waals surface area contributed by atoms with E-state index in [2.05, 4.69) is 31.9 Å². The van der Waals surface area contributed by atoms with Gasteiger partial charge in [-0.15, -0.1) is 0 Å². The van der Waals surface area contributed by atoms with Crippen LogP contribution in [0.3, 0.4) is 0 Å². The molecule has 0 spiro atoms. The highest BCUT2D eigenvalue weighted by Crippen LogP contribution is 2.26. The van der Waals surface area contributed by atoms with Gasteiger partial charge < -0.3 is 4.74 Å². The molecule has 98 valence electrons. The minimum Gasteiger partial charge on any atom is -0.496 e. The number of carbonyl (C=O) groups excluding carboxylic acids is 1. The maximum Gasteiger partial charge on any atom is 0.196 e. The molecular formula is C14H9Br2FO2. The van der Waals surface area contributed by atoms with E-state index in [1.54, 1.807) is 24.3 Å². The third-order valence-corrected chi connectivity index (χ3v) is 3.48. The summed E-state index contributed by atoms with van der Waals surface area (Å²) in [6.07, 6.45) is 0. The number of methoxy groups -OCH3 is 1. The quantitative estimate of drug-likeness (QED) is 0.720. The molecule has 5 heteroatoms. The average Bonchev–Trinajstić information content (AvgIpc) is 2.36. The third-order valence-electron chi connectivity index (χ3n) is 2.53. The monoisotopic (exact) mass is 386 g/mol. The molecule has 0 amide bonds. The second-order valence-electron chi connectivity index (χ2n) is 3.83. The molecule has 0 N–H and O–H groups in total. The fraction of sp³-hybridized carbons (Fsp3) is 0.0714. The van der Waals surface area contributed by atoms with Crippen molar-refractivity contribution in [1.82, 2.24) is 0 Å². The predicted molar refractivity (Wildman–Crippen MR) is 78.2 cm³/mol. The van der Waals surface area contributed by atoms with Crippen LogP contribution in [0.1, 0.15) is 15.9 Å². The Kier molecular flexibility index (Phi) is 4.37. The molecular weight excluding hydrogens is 379 g/mol. The molecule has 2 rings (SSSR count). The lowest BCUT2D eigenvalue weighted by molar-refractivity contribution is 0.103. The van der Waals surface area contributed by atoms with Crippen LogP contribution in [0.25, 0.3) is 0 Å². The first kappa shape index (κ1) is 14.2. The fourth-order valence-corrected chi connectivity index (χ4v) is 2.52. The largest absolute Gasteiger partial charge is 0.496 e. The number of hydrogen-bond acceptors (Lipinski definition) is 2. The van der Waals surface area contributed by atoms with E-state index in [0.717, 1.165) is 4.47 Å². The van der Waals surface area contributed by atoms with E-state index in [-0.39, 0.29) is 11.3 Å². The van der Waals surface area contributed by atoms with Crippen LogP contribution >= 0.6 is 31.9 Å². The van der Waals surface area contributed by atoms with E-state index in [4.69, 9.17) is 4.74 Å². The second-order valence-corrected chi connectivity index (χ2v) is 5.66. The SMILES string of the molecule is COc1ccc(Br)cc1C(=O)c1cc(F)cc(Br)c1. The van der Waals surface area contributed by atoms with Crippen LogP contribution in [0.4, 0.5) is 4.39 Å². The highest BCUT2D eigenvalue weighted by atomic mass is 79.9. The van der Waals surface area contributed by atoms with Crippen molar-refractivity contribution in [3.05, 3.63) is 62.3 Å². The zero-order valence-corrected chi connectivity index (χ0v) is 13.1. The maximum atomic E-state index is 13.3. The van der Waals surface area contributed by atoms with Crippen molar-refractivity contribution in [2.45, 2.75) is 0 Å². The average molecular weight is 388 g/mol. The minimum atomic E-state index is -0.466. The first-order valence-corrected chi connectivity index (χ1v) is 6.94. The van der Waals surface area contributed by atoms with Crippen molar-refractivity contribution in [3.63, 3.8) is 0 Å². The molecule has 0 fully saturated rings. The zero-order chi connectivity index (χ0) is 14.0. The van der Waals surface area contributed by atoms with Crippen molar-refractivity contribution in [1.29, 1.82) is 0 Å². The van der Waals surface area contributed by atoms with E-state index in [0.29, 0.717) is 15.8 Å². The molecule has 0 saturated heterocycles. The van der Waals surface area contributed by atoms with Gasteiger partial charge in [-0.05, 0) is 36.4 Å². The predicted octanol–water partition coefficient (Wildman–Crippen LogP) is 4.59. The number of halogens is 3. The van der Waals surface area contributed by atoms with Crippen molar-refractivity contribution in [3.8, 4) is 5.75 Å². The normalized spacial score (nSPS) is 10.3. The molecule has 19 heavy (non-hydrogen) atoms. The summed E-state index contributed by atoms with van der Waals surface area (Å²) in [5, 5.41) is 0. The van der Waals surface area contributed by atoms with Crippen LogP contribution < -0.4 is 4.74 Å². The number of ketones is 1. The standard InChI is InChI=1S/C14H9Br2FO2/c1-19-13-3-2-9(15)7-12(13)14(18)8-4-10(16)6-11(17)5-8/h2-7H,1H3. The molecule has 0 saturated carbocycles. The molecule has 2 aromatic carbocycles. The van der Waals surface area contributed by atoms with Crippen LogP contribution in [-0.2, 0) is 0 Å². The Morgan fingerprint density at radius 3 is 2.47 bits per heavy atom. The van der Waals surface area contributed by atoms with Gasteiger partial charge in [0.2, 0.25) is 0 Å².